The lowest BCUT2D eigenvalue weighted by Gasteiger charge is -2.23. The molecule has 6 nitrogen and oxygen atoms in total. The molecule has 1 heterocycles. The fourth-order valence-corrected chi connectivity index (χ4v) is 2.01. The number of guanidine groups is 1. The normalized spacial score (nSPS) is 13.7. The van der Waals surface area contributed by atoms with E-state index in [1.54, 1.807) is 0 Å². The molecule has 0 saturated heterocycles. The molecule has 1 aromatic heterocycles. The highest BCUT2D eigenvalue weighted by Crippen LogP contribution is 2.21. The molecule has 0 fully saturated rings. The molecule has 0 saturated carbocycles. The van der Waals surface area contributed by atoms with Crippen molar-refractivity contribution in [1.29, 1.82) is 0 Å². The zero-order valence-electron chi connectivity index (χ0n) is 15.5. The summed E-state index contributed by atoms with van der Waals surface area (Å²) in [6.45, 7) is 15.8. The van der Waals surface area contributed by atoms with Gasteiger partial charge in [0.1, 0.15) is 12.4 Å². The summed E-state index contributed by atoms with van der Waals surface area (Å²) in [6.07, 6.45) is 4.09. The average molecular weight is 320 g/mol. The molecule has 0 spiro atoms. The molecule has 130 valence electrons. The summed E-state index contributed by atoms with van der Waals surface area (Å²) in [5.74, 6) is 2.53. The van der Waals surface area contributed by atoms with Gasteiger partial charge in [0.15, 0.2) is 11.8 Å². The van der Waals surface area contributed by atoms with Crippen LogP contribution in [0.4, 0.5) is 0 Å². The first kappa shape index (κ1) is 19.2. The van der Waals surface area contributed by atoms with Gasteiger partial charge in [-0.1, -0.05) is 26.8 Å². The van der Waals surface area contributed by atoms with Crippen molar-refractivity contribution < 1.29 is 0 Å². The molecular formula is C17H32N6. The van der Waals surface area contributed by atoms with Gasteiger partial charge in [-0.2, -0.15) is 0 Å². The molecular weight excluding hydrogens is 288 g/mol. The Kier molecular flexibility index (Phi) is 7.26. The van der Waals surface area contributed by atoms with Gasteiger partial charge >= 0.3 is 0 Å². The Bertz CT molecular complexity index is 524. The Morgan fingerprint density at radius 1 is 1.39 bits per heavy atom. The van der Waals surface area contributed by atoms with Gasteiger partial charge in [-0.05, 0) is 32.1 Å². The van der Waals surface area contributed by atoms with Crippen LogP contribution in [0.2, 0.25) is 0 Å². The number of hydrogen-bond acceptors (Lipinski definition) is 3. The van der Waals surface area contributed by atoms with Crippen molar-refractivity contribution in [2.75, 3.05) is 6.54 Å². The molecule has 0 aliphatic rings. The van der Waals surface area contributed by atoms with E-state index < -0.39 is 0 Å². The Labute approximate surface area is 140 Å². The number of nitrogens with zero attached hydrogens (tertiary/aromatic N) is 4. The fraction of sp³-hybridized carbons (Fsp3) is 0.706. The van der Waals surface area contributed by atoms with E-state index in [1.165, 1.54) is 6.42 Å². The van der Waals surface area contributed by atoms with Crippen LogP contribution in [0.5, 0.6) is 0 Å². The molecule has 2 N–H and O–H groups in total. The summed E-state index contributed by atoms with van der Waals surface area (Å²) in [5.41, 5.74) is 0.345. The van der Waals surface area contributed by atoms with E-state index >= 15 is 0 Å². The van der Waals surface area contributed by atoms with E-state index in [4.69, 9.17) is 0 Å². The molecule has 1 unspecified atom stereocenters. The first-order chi connectivity index (χ1) is 10.7. The molecule has 23 heavy (non-hydrogen) atoms. The molecule has 0 bridgehead atoms. The molecule has 6 heteroatoms. The first-order valence-electron chi connectivity index (χ1n) is 8.23. The third kappa shape index (κ3) is 7.30. The Balaban J connectivity index is 2.65. The first-order valence-corrected chi connectivity index (χ1v) is 8.23. The Morgan fingerprint density at radius 2 is 2.09 bits per heavy atom. The van der Waals surface area contributed by atoms with E-state index in [-0.39, 0.29) is 0 Å². The maximum atomic E-state index is 4.61. The Morgan fingerprint density at radius 3 is 2.61 bits per heavy atom. The van der Waals surface area contributed by atoms with Crippen LogP contribution < -0.4 is 10.6 Å². The molecule has 1 rings (SSSR count). The number of hydrogen-bond donors (Lipinski definition) is 2. The van der Waals surface area contributed by atoms with Crippen molar-refractivity contribution in [2.45, 2.75) is 60.0 Å². The van der Waals surface area contributed by atoms with Crippen molar-refractivity contribution in [2.24, 2.45) is 17.5 Å². The van der Waals surface area contributed by atoms with Gasteiger partial charge in [-0.15, -0.1) is 16.8 Å². The van der Waals surface area contributed by atoms with Gasteiger partial charge in [0.05, 0.1) is 0 Å². The minimum atomic E-state index is 0.345. The maximum absolute atomic E-state index is 4.61. The third-order valence-electron chi connectivity index (χ3n) is 3.69. The van der Waals surface area contributed by atoms with Gasteiger partial charge in [0.25, 0.3) is 0 Å². The van der Waals surface area contributed by atoms with E-state index in [0.29, 0.717) is 24.5 Å². The van der Waals surface area contributed by atoms with E-state index in [2.05, 4.69) is 60.1 Å². The number of rotatable bonds is 7. The summed E-state index contributed by atoms with van der Waals surface area (Å²) in [5, 5.41) is 14.9. The highest BCUT2D eigenvalue weighted by molar-refractivity contribution is 5.80. The monoisotopic (exact) mass is 320 g/mol. The van der Waals surface area contributed by atoms with Crippen LogP contribution in [-0.4, -0.2) is 33.3 Å². The summed E-state index contributed by atoms with van der Waals surface area (Å²) in [7, 11) is 1.95. The van der Waals surface area contributed by atoms with Crippen molar-refractivity contribution in [3.05, 3.63) is 24.3 Å². The highest BCUT2D eigenvalue weighted by Gasteiger charge is 2.13. The standard InChI is InChI=1S/C17H32N6/c1-8-11-18-16(20-13(2)9-10-17(4,5)6)19-12-15-22-21-14(3)23(15)7/h8,13H,1,9-12H2,2-7H3,(H2,18,19,20). The summed E-state index contributed by atoms with van der Waals surface area (Å²) < 4.78 is 1.96. The second kappa shape index (κ2) is 8.70. The third-order valence-corrected chi connectivity index (χ3v) is 3.69. The van der Waals surface area contributed by atoms with Crippen LogP contribution in [0.3, 0.4) is 0 Å². The molecule has 0 aromatic carbocycles. The molecule has 0 amide bonds. The minimum Gasteiger partial charge on any atom is -0.354 e. The second-order valence-corrected chi connectivity index (χ2v) is 7.20. The van der Waals surface area contributed by atoms with Crippen LogP contribution in [0.25, 0.3) is 0 Å². The van der Waals surface area contributed by atoms with Crippen molar-refractivity contribution in [3.63, 3.8) is 0 Å². The van der Waals surface area contributed by atoms with E-state index in [1.807, 2.05) is 24.6 Å². The summed E-state index contributed by atoms with van der Waals surface area (Å²) >= 11 is 0. The minimum absolute atomic E-state index is 0.345. The summed E-state index contributed by atoms with van der Waals surface area (Å²) in [6, 6.07) is 0.353. The van der Waals surface area contributed by atoms with Crippen molar-refractivity contribution in [3.8, 4) is 0 Å². The van der Waals surface area contributed by atoms with Gasteiger partial charge in [0, 0.05) is 19.6 Å². The topological polar surface area (TPSA) is 67.1 Å². The number of aliphatic imine (C=N–C) groups is 1. The van der Waals surface area contributed by atoms with Crippen LogP contribution in [0.15, 0.2) is 17.6 Å². The lowest BCUT2D eigenvalue weighted by Crippen LogP contribution is -2.42. The van der Waals surface area contributed by atoms with E-state index in [9.17, 15) is 0 Å². The fourth-order valence-electron chi connectivity index (χ4n) is 2.01. The Hall–Kier alpha value is -1.85. The summed E-state index contributed by atoms with van der Waals surface area (Å²) in [4.78, 5) is 4.61. The molecule has 1 aromatic rings. The SMILES string of the molecule is C=CCNC(=NCc1nnc(C)n1C)NC(C)CCC(C)(C)C. The maximum Gasteiger partial charge on any atom is 0.192 e. The van der Waals surface area contributed by atoms with Crippen LogP contribution >= 0.6 is 0 Å². The lowest BCUT2D eigenvalue weighted by molar-refractivity contribution is 0.346. The number of aryl methyl sites for hydroxylation is 1. The number of aromatic nitrogens is 3. The zero-order chi connectivity index (χ0) is 17.5. The van der Waals surface area contributed by atoms with Crippen LogP contribution in [0.1, 0.15) is 52.2 Å². The smallest absolute Gasteiger partial charge is 0.192 e. The van der Waals surface area contributed by atoms with Crippen LogP contribution in [-0.2, 0) is 13.6 Å². The van der Waals surface area contributed by atoms with Crippen LogP contribution in [0, 0.1) is 12.3 Å². The van der Waals surface area contributed by atoms with Gasteiger partial charge in [-0.3, -0.25) is 0 Å². The van der Waals surface area contributed by atoms with E-state index in [0.717, 1.165) is 24.0 Å². The van der Waals surface area contributed by atoms with Crippen molar-refractivity contribution in [1.82, 2.24) is 25.4 Å². The number of nitrogens with one attached hydrogen (secondary N) is 2. The zero-order valence-corrected chi connectivity index (χ0v) is 15.5. The predicted octanol–water partition coefficient (Wildman–Crippen LogP) is 2.56. The molecule has 0 radical (unpaired) electrons. The molecule has 0 aliphatic carbocycles. The van der Waals surface area contributed by atoms with Gasteiger partial charge in [0.2, 0.25) is 0 Å². The predicted molar refractivity (Wildman–Crippen MR) is 96.4 cm³/mol. The molecule has 1 atom stereocenters. The van der Waals surface area contributed by atoms with Gasteiger partial charge in [-0.25, -0.2) is 4.99 Å². The van der Waals surface area contributed by atoms with Crippen molar-refractivity contribution >= 4 is 5.96 Å². The quantitative estimate of drug-likeness (QED) is 0.460. The highest BCUT2D eigenvalue weighted by atomic mass is 15.3. The largest absolute Gasteiger partial charge is 0.354 e. The average Bonchev–Trinajstić information content (AvgIpc) is 2.79. The lowest BCUT2D eigenvalue weighted by atomic mass is 9.89. The second-order valence-electron chi connectivity index (χ2n) is 7.20. The van der Waals surface area contributed by atoms with Gasteiger partial charge < -0.3 is 15.2 Å². The molecule has 0 aliphatic heterocycles.